The summed E-state index contributed by atoms with van der Waals surface area (Å²) in [4.78, 5) is 4.38. The van der Waals surface area contributed by atoms with Crippen LogP contribution in [0.1, 0.15) is 11.7 Å². The van der Waals surface area contributed by atoms with Gasteiger partial charge in [0.15, 0.2) is 0 Å². The summed E-state index contributed by atoms with van der Waals surface area (Å²) in [6, 6.07) is 7.69. The van der Waals surface area contributed by atoms with Crippen molar-refractivity contribution in [3.8, 4) is 5.88 Å². The van der Waals surface area contributed by atoms with Gasteiger partial charge >= 0.3 is 0 Å². The molecule has 0 amide bonds. The van der Waals surface area contributed by atoms with Crippen LogP contribution in [0.3, 0.4) is 0 Å². The van der Waals surface area contributed by atoms with E-state index in [1.54, 1.807) is 7.11 Å². The van der Waals surface area contributed by atoms with Gasteiger partial charge in [-0.05, 0) is 12.1 Å². The molecule has 1 N–H and O–H groups in total. The minimum absolute atomic E-state index is 0.00718. The van der Waals surface area contributed by atoms with Gasteiger partial charge in [-0.3, -0.25) is 0 Å². The van der Waals surface area contributed by atoms with Gasteiger partial charge in [0.2, 0.25) is 5.88 Å². The molecular weight excluding hydrogens is 264 g/mol. The van der Waals surface area contributed by atoms with Crippen LogP contribution in [0.5, 0.6) is 5.88 Å². The summed E-state index contributed by atoms with van der Waals surface area (Å²) in [6.07, 6.45) is 0.00718. The number of pyridine rings is 1. The second kappa shape index (κ2) is 5.33. The van der Waals surface area contributed by atoms with Crippen molar-refractivity contribution in [3.63, 3.8) is 0 Å². The summed E-state index contributed by atoms with van der Waals surface area (Å²) < 4.78 is 10.9. The van der Waals surface area contributed by atoms with Crippen LogP contribution in [0.4, 0.5) is 0 Å². The van der Waals surface area contributed by atoms with Crippen molar-refractivity contribution in [1.82, 2.24) is 10.3 Å². The first-order valence-electron chi connectivity index (χ1n) is 6.25. The SMILES string of the molecule is COc1ccc2c(Cl)c(C3CNCCO3)ccc2n1. The molecule has 5 heteroatoms. The van der Waals surface area contributed by atoms with Crippen LogP contribution >= 0.6 is 11.6 Å². The topological polar surface area (TPSA) is 43.4 Å². The highest BCUT2D eigenvalue weighted by atomic mass is 35.5. The zero-order valence-corrected chi connectivity index (χ0v) is 11.4. The van der Waals surface area contributed by atoms with Crippen molar-refractivity contribution in [1.29, 1.82) is 0 Å². The van der Waals surface area contributed by atoms with Gasteiger partial charge in [0, 0.05) is 30.1 Å². The van der Waals surface area contributed by atoms with Crippen LogP contribution in [0.25, 0.3) is 10.9 Å². The fraction of sp³-hybridized carbons (Fsp3) is 0.357. The van der Waals surface area contributed by atoms with Crippen LogP contribution in [-0.2, 0) is 4.74 Å². The molecule has 0 aliphatic carbocycles. The van der Waals surface area contributed by atoms with Crippen molar-refractivity contribution in [3.05, 3.63) is 34.9 Å². The summed E-state index contributed by atoms with van der Waals surface area (Å²) in [5.41, 5.74) is 1.84. The number of rotatable bonds is 2. The van der Waals surface area contributed by atoms with Crippen LogP contribution in [0, 0.1) is 0 Å². The zero-order chi connectivity index (χ0) is 13.2. The molecule has 2 heterocycles. The van der Waals surface area contributed by atoms with Gasteiger partial charge in [0.05, 0.1) is 30.4 Å². The van der Waals surface area contributed by atoms with E-state index in [1.165, 1.54) is 0 Å². The molecule has 1 atom stereocenters. The Morgan fingerprint density at radius 3 is 3.00 bits per heavy atom. The number of aromatic nitrogens is 1. The Labute approximate surface area is 116 Å². The average molecular weight is 279 g/mol. The van der Waals surface area contributed by atoms with Gasteiger partial charge in [0.25, 0.3) is 0 Å². The minimum atomic E-state index is 0.00718. The second-order valence-electron chi connectivity index (χ2n) is 4.45. The van der Waals surface area contributed by atoms with Crippen molar-refractivity contribution < 1.29 is 9.47 Å². The Morgan fingerprint density at radius 2 is 2.26 bits per heavy atom. The van der Waals surface area contributed by atoms with Gasteiger partial charge in [-0.2, -0.15) is 0 Å². The molecule has 0 spiro atoms. The predicted molar refractivity (Wildman–Crippen MR) is 74.9 cm³/mol. The van der Waals surface area contributed by atoms with Crippen molar-refractivity contribution in [2.45, 2.75) is 6.10 Å². The maximum Gasteiger partial charge on any atom is 0.213 e. The molecule has 2 aromatic rings. The van der Waals surface area contributed by atoms with E-state index in [4.69, 9.17) is 21.1 Å². The molecule has 1 unspecified atom stereocenters. The number of nitrogens with zero attached hydrogens (tertiary/aromatic N) is 1. The summed E-state index contributed by atoms with van der Waals surface area (Å²) in [7, 11) is 1.60. The molecule has 1 aromatic heterocycles. The van der Waals surface area contributed by atoms with Crippen molar-refractivity contribution >= 4 is 22.5 Å². The Balaban J connectivity index is 2.05. The summed E-state index contributed by atoms with van der Waals surface area (Å²) in [6.45, 7) is 2.38. The number of morpholine rings is 1. The Bertz CT molecular complexity index is 597. The normalized spacial score (nSPS) is 19.6. The fourth-order valence-electron chi connectivity index (χ4n) is 2.29. The molecule has 0 saturated carbocycles. The summed E-state index contributed by atoms with van der Waals surface area (Å²) in [5.74, 6) is 0.590. The second-order valence-corrected chi connectivity index (χ2v) is 4.83. The van der Waals surface area contributed by atoms with E-state index in [2.05, 4.69) is 10.3 Å². The molecule has 0 radical (unpaired) electrons. The monoisotopic (exact) mass is 278 g/mol. The smallest absolute Gasteiger partial charge is 0.213 e. The van der Waals surface area contributed by atoms with Gasteiger partial charge in [-0.15, -0.1) is 0 Å². The molecule has 1 aliphatic heterocycles. The third-order valence-electron chi connectivity index (χ3n) is 3.29. The van der Waals surface area contributed by atoms with E-state index in [0.29, 0.717) is 17.5 Å². The molecule has 100 valence electrons. The number of hydrogen-bond donors (Lipinski definition) is 1. The Kier molecular flexibility index (Phi) is 3.55. The predicted octanol–water partition coefficient (Wildman–Crippen LogP) is 2.56. The summed E-state index contributed by atoms with van der Waals surface area (Å²) >= 11 is 6.48. The Hall–Kier alpha value is -1.36. The molecule has 19 heavy (non-hydrogen) atoms. The summed E-state index contributed by atoms with van der Waals surface area (Å²) in [5, 5.41) is 4.94. The third kappa shape index (κ3) is 2.39. The highest BCUT2D eigenvalue weighted by Gasteiger charge is 2.19. The van der Waals surface area contributed by atoms with Crippen LogP contribution < -0.4 is 10.1 Å². The van der Waals surface area contributed by atoms with Crippen LogP contribution in [0.2, 0.25) is 5.02 Å². The number of ether oxygens (including phenoxy) is 2. The van der Waals surface area contributed by atoms with E-state index in [9.17, 15) is 0 Å². The number of hydrogen-bond acceptors (Lipinski definition) is 4. The molecule has 1 fully saturated rings. The number of benzene rings is 1. The van der Waals surface area contributed by atoms with E-state index < -0.39 is 0 Å². The lowest BCUT2D eigenvalue weighted by molar-refractivity contribution is 0.0278. The average Bonchev–Trinajstić information content (AvgIpc) is 2.48. The molecule has 4 nitrogen and oxygen atoms in total. The highest BCUT2D eigenvalue weighted by molar-refractivity contribution is 6.36. The third-order valence-corrected chi connectivity index (χ3v) is 3.72. The molecule has 3 rings (SSSR count). The number of halogens is 1. The van der Waals surface area contributed by atoms with Gasteiger partial charge in [0.1, 0.15) is 0 Å². The maximum absolute atomic E-state index is 6.48. The van der Waals surface area contributed by atoms with Gasteiger partial charge < -0.3 is 14.8 Å². The molecule has 1 aromatic carbocycles. The van der Waals surface area contributed by atoms with Crippen molar-refractivity contribution in [2.75, 3.05) is 26.8 Å². The quantitative estimate of drug-likeness (QED) is 0.917. The maximum atomic E-state index is 6.48. The van der Waals surface area contributed by atoms with Crippen molar-refractivity contribution in [2.24, 2.45) is 0 Å². The molecule has 1 aliphatic rings. The first-order chi connectivity index (χ1) is 9.29. The highest BCUT2D eigenvalue weighted by Crippen LogP contribution is 2.33. The van der Waals surface area contributed by atoms with E-state index in [1.807, 2.05) is 24.3 Å². The van der Waals surface area contributed by atoms with E-state index in [-0.39, 0.29) is 6.10 Å². The first kappa shape index (κ1) is 12.7. The zero-order valence-electron chi connectivity index (χ0n) is 10.6. The first-order valence-corrected chi connectivity index (χ1v) is 6.63. The molecule has 0 bridgehead atoms. The van der Waals surface area contributed by atoms with Crippen LogP contribution in [-0.4, -0.2) is 31.8 Å². The largest absolute Gasteiger partial charge is 0.481 e. The molecule has 1 saturated heterocycles. The standard InChI is InChI=1S/C14H15ClN2O2/c1-18-13-5-3-9-11(17-13)4-2-10(14(9)15)12-8-16-6-7-19-12/h2-5,12,16H,6-8H2,1H3. The fourth-order valence-corrected chi connectivity index (χ4v) is 2.64. The number of fused-ring (bicyclic) bond motifs is 1. The van der Waals surface area contributed by atoms with E-state index >= 15 is 0 Å². The molecular formula is C14H15ClN2O2. The lowest BCUT2D eigenvalue weighted by atomic mass is 10.0. The lowest BCUT2D eigenvalue weighted by Crippen LogP contribution is -2.33. The number of methoxy groups -OCH3 is 1. The van der Waals surface area contributed by atoms with E-state index in [0.717, 1.165) is 29.6 Å². The van der Waals surface area contributed by atoms with Gasteiger partial charge in [-0.1, -0.05) is 17.7 Å². The van der Waals surface area contributed by atoms with Gasteiger partial charge in [-0.25, -0.2) is 4.98 Å². The lowest BCUT2D eigenvalue weighted by Gasteiger charge is -2.25. The number of nitrogens with one attached hydrogen (secondary N) is 1. The minimum Gasteiger partial charge on any atom is -0.481 e. The van der Waals surface area contributed by atoms with Crippen LogP contribution in [0.15, 0.2) is 24.3 Å². The Morgan fingerprint density at radius 1 is 1.37 bits per heavy atom.